The zero-order chi connectivity index (χ0) is 16.4. The van der Waals surface area contributed by atoms with Gasteiger partial charge in [-0.05, 0) is 30.2 Å². The third-order valence-corrected chi connectivity index (χ3v) is 4.90. The minimum atomic E-state index is -0.0613. The molecular formula is C17H22BrClN4O. The van der Waals surface area contributed by atoms with Crippen LogP contribution in [-0.4, -0.2) is 28.8 Å². The Morgan fingerprint density at radius 3 is 2.92 bits per heavy atom. The van der Waals surface area contributed by atoms with Crippen LogP contribution in [0.5, 0.6) is 0 Å². The number of carbonyl (C=O) groups is 1. The number of nitrogens with zero attached hydrogens (tertiary/aromatic N) is 2. The molecule has 7 heteroatoms. The third kappa shape index (κ3) is 4.18. The Labute approximate surface area is 156 Å². The van der Waals surface area contributed by atoms with Gasteiger partial charge in [-0.2, -0.15) is 5.10 Å². The molecule has 24 heavy (non-hydrogen) atoms. The molecule has 1 unspecified atom stereocenters. The fourth-order valence-corrected chi connectivity index (χ4v) is 3.53. The maximum Gasteiger partial charge on any atom is 0.225 e. The summed E-state index contributed by atoms with van der Waals surface area (Å²) in [6.45, 7) is 3.53. The van der Waals surface area contributed by atoms with Crippen molar-refractivity contribution in [3.63, 3.8) is 0 Å². The molecule has 1 aromatic heterocycles. The average Bonchev–Trinajstić information content (AvgIpc) is 3.15. The largest absolute Gasteiger partial charge is 0.349 e. The van der Waals surface area contributed by atoms with Crippen molar-refractivity contribution in [3.05, 3.63) is 52.3 Å². The molecule has 0 saturated carbocycles. The minimum Gasteiger partial charge on any atom is -0.349 e. The number of nitrogens with one attached hydrogen (secondary N) is 2. The summed E-state index contributed by atoms with van der Waals surface area (Å²) < 4.78 is 2.80. The van der Waals surface area contributed by atoms with Gasteiger partial charge in [-0.3, -0.25) is 9.48 Å². The molecule has 1 aromatic carbocycles. The van der Waals surface area contributed by atoms with Gasteiger partial charge in [0, 0.05) is 36.7 Å². The van der Waals surface area contributed by atoms with E-state index in [4.69, 9.17) is 0 Å². The van der Waals surface area contributed by atoms with Crippen LogP contribution in [0.1, 0.15) is 30.0 Å². The van der Waals surface area contributed by atoms with Crippen molar-refractivity contribution in [2.24, 2.45) is 13.0 Å². The van der Waals surface area contributed by atoms with Gasteiger partial charge in [0.2, 0.25) is 5.91 Å². The van der Waals surface area contributed by atoms with Crippen LogP contribution in [0.25, 0.3) is 0 Å². The zero-order valence-corrected chi connectivity index (χ0v) is 16.1. The first-order chi connectivity index (χ1) is 11.0. The van der Waals surface area contributed by atoms with E-state index in [9.17, 15) is 4.79 Å². The van der Waals surface area contributed by atoms with Crippen LogP contribution in [0.2, 0.25) is 0 Å². The predicted molar refractivity (Wildman–Crippen MR) is 100 cm³/mol. The predicted octanol–water partition coefficient (Wildman–Crippen LogP) is 2.78. The Morgan fingerprint density at radius 1 is 1.46 bits per heavy atom. The molecule has 1 fully saturated rings. The van der Waals surface area contributed by atoms with E-state index in [1.807, 2.05) is 50.6 Å². The monoisotopic (exact) mass is 412 g/mol. The second kappa shape index (κ2) is 8.14. The minimum absolute atomic E-state index is 0. The smallest absolute Gasteiger partial charge is 0.225 e. The first kappa shape index (κ1) is 19.0. The van der Waals surface area contributed by atoms with Gasteiger partial charge in [0.1, 0.15) is 0 Å². The lowest BCUT2D eigenvalue weighted by molar-refractivity contribution is -0.125. The Hall–Kier alpha value is -1.37. The van der Waals surface area contributed by atoms with Gasteiger partial charge in [-0.1, -0.05) is 28.1 Å². The Kier molecular flexibility index (Phi) is 6.43. The van der Waals surface area contributed by atoms with Crippen LogP contribution in [0.4, 0.5) is 0 Å². The van der Waals surface area contributed by atoms with Gasteiger partial charge in [-0.25, -0.2) is 0 Å². The molecule has 2 aromatic rings. The van der Waals surface area contributed by atoms with Crippen molar-refractivity contribution in [1.82, 2.24) is 20.4 Å². The second-order valence-corrected chi connectivity index (χ2v) is 7.02. The van der Waals surface area contributed by atoms with E-state index in [1.165, 1.54) is 0 Å². The molecule has 0 aliphatic carbocycles. The molecule has 1 amide bonds. The van der Waals surface area contributed by atoms with Crippen LogP contribution in [0, 0.1) is 5.92 Å². The van der Waals surface area contributed by atoms with Gasteiger partial charge >= 0.3 is 0 Å². The van der Waals surface area contributed by atoms with Gasteiger partial charge in [0.05, 0.1) is 18.2 Å². The Balaban J connectivity index is 0.00000208. The average molecular weight is 414 g/mol. The van der Waals surface area contributed by atoms with E-state index in [0.29, 0.717) is 6.54 Å². The van der Waals surface area contributed by atoms with Crippen LogP contribution in [-0.2, 0) is 11.8 Å². The number of aromatic nitrogens is 2. The maximum absolute atomic E-state index is 12.7. The zero-order valence-electron chi connectivity index (χ0n) is 13.7. The lowest BCUT2D eigenvalue weighted by Gasteiger charge is -2.21. The molecule has 1 saturated heterocycles. The summed E-state index contributed by atoms with van der Waals surface area (Å²) in [4.78, 5) is 12.7. The van der Waals surface area contributed by atoms with Crippen molar-refractivity contribution in [1.29, 1.82) is 0 Å². The summed E-state index contributed by atoms with van der Waals surface area (Å²) in [7, 11) is 1.90. The summed E-state index contributed by atoms with van der Waals surface area (Å²) >= 11 is 3.47. The molecule has 0 bridgehead atoms. The summed E-state index contributed by atoms with van der Waals surface area (Å²) in [5.74, 6) is 0.212. The molecular weight excluding hydrogens is 392 g/mol. The van der Waals surface area contributed by atoms with E-state index < -0.39 is 0 Å². The highest BCUT2D eigenvalue weighted by Gasteiger charge is 2.35. The Morgan fingerprint density at radius 2 is 2.25 bits per heavy atom. The van der Waals surface area contributed by atoms with Gasteiger partial charge < -0.3 is 10.6 Å². The topological polar surface area (TPSA) is 59.0 Å². The van der Waals surface area contributed by atoms with Crippen molar-refractivity contribution in [2.75, 3.05) is 13.1 Å². The number of aryl methyl sites for hydroxylation is 1. The van der Waals surface area contributed by atoms with Gasteiger partial charge in [0.25, 0.3) is 0 Å². The second-order valence-electron chi connectivity index (χ2n) is 6.10. The third-order valence-electron chi connectivity index (χ3n) is 4.41. The number of halogens is 2. The van der Waals surface area contributed by atoms with Gasteiger partial charge in [0.15, 0.2) is 0 Å². The SMILES string of the molecule is CC(NC(=O)[C@H]1CNC[C@@H]1c1cnn(C)c1)c1cccc(Br)c1.Cl. The quantitative estimate of drug-likeness (QED) is 0.810. The summed E-state index contributed by atoms with van der Waals surface area (Å²) in [6, 6.07) is 8.02. The summed E-state index contributed by atoms with van der Waals surface area (Å²) in [5.41, 5.74) is 2.21. The van der Waals surface area contributed by atoms with E-state index in [-0.39, 0.29) is 36.2 Å². The molecule has 0 radical (unpaired) electrons. The molecule has 2 heterocycles. The number of benzene rings is 1. The van der Waals surface area contributed by atoms with Crippen molar-refractivity contribution in [2.45, 2.75) is 18.9 Å². The number of hydrogen-bond acceptors (Lipinski definition) is 3. The summed E-state index contributed by atoms with van der Waals surface area (Å²) in [5, 5.41) is 10.7. The number of hydrogen-bond donors (Lipinski definition) is 2. The van der Waals surface area contributed by atoms with Crippen molar-refractivity contribution < 1.29 is 4.79 Å². The Bertz CT molecular complexity index is 705. The summed E-state index contributed by atoms with van der Waals surface area (Å²) in [6.07, 6.45) is 3.85. The van der Waals surface area contributed by atoms with Crippen molar-refractivity contribution >= 4 is 34.2 Å². The molecule has 3 rings (SSSR count). The molecule has 130 valence electrons. The highest BCUT2D eigenvalue weighted by atomic mass is 79.9. The van der Waals surface area contributed by atoms with E-state index in [2.05, 4.69) is 31.7 Å². The number of rotatable bonds is 4. The molecule has 0 spiro atoms. The van der Waals surface area contributed by atoms with Crippen LogP contribution < -0.4 is 10.6 Å². The maximum atomic E-state index is 12.7. The molecule has 3 atom stereocenters. The van der Waals surface area contributed by atoms with Crippen LogP contribution in [0.15, 0.2) is 41.1 Å². The van der Waals surface area contributed by atoms with Crippen LogP contribution >= 0.6 is 28.3 Å². The molecule has 2 N–H and O–H groups in total. The first-order valence-corrected chi connectivity index (χ1v) is 8.59. The van der Waals surface area contributed by atoms with Crippen molar-refractivity contribution in [3.8, 4) is 0 Å². The van der Waals surface area contributed by atoms with Gasteiger partial charge in [-0.15, -0.1) is 12.4 Å². The highest BCUT2D eigenvalue weighted by molar-refractivity contribution is 9.10. The number of amides is 1. The fourth-order valence-electron chi connectivity index (χ4n) is 3.12. The van der Waals surface area contributed by atoms with E-state index in [1.54, 1.807) is 4.68 Å². The molecule has 5 nitrogen and oxygen atoms in total. The molecule has 1 aliphatic rings. The van der Waals surface area contributed by atoms with E-state index in [0.717, 1.165) is 22.1 Å². The first-order valence-electron chi connectivity index (χ1n) is 7.79. The molecule has 1 aliphatic heterocycles. The highest BCUT2D eigenvalue weighted by Crippen LogP contribution is 2.28. The lowest BCUT2D eigenvalue weighted by Crippen LogP contribution is -2.35. The normalized spacial score (nSPS) is 21.1. The van der Waals surface area contributed by atoms with E-state index >= 15 is 0 Å². The lowest BCUT2D eigenvalue weighted by atomic mass is 9.90. The number of carbonyl (C=O) groups excluding carboxylic acids is 1. The standard InChI is InChI=1S/C17H21BrN4O.ClH/c1-11(12-4-3-5-14(18)6-12)21-17(23)16-9-19-8-15(16)13-7-20-22(2)10-13;/h3-7,10-11,15-16,19H,8-9H2,1-2H3,(H,21,23);1H/t11?,15-,16+;/m1./s1. The van der Waals surface area contributed by atoms with Crippen LogP contribution in [0.3, 0.4) is 0 Å². The fraction of sp³-hybridized carbons (Fsp3) is 0.412.